The molecule has 0 aromatic carbocycles. The van der Waals surface area contributed by atoms with Crippen molar-refractivity contribution in [2.45, 2.75) is 51.5 Å². The van der Waals surface area contributed by atoms with Crippen LogP contribution in [0.25, 0.3) is 0 Å². The van der Waals surface area contributed by atoms with Crippen molar-refractivity contribution in [3.05, 3.63) is 0 Å². The number of carboxylic acid groups (broad SMARTS) is 1. The van der Waals surface area contributed by atoms with Crippen molar-refractivity contribution in [1.29, 1.82) is 0 Å². The summed E-state index contributed by atoms with van der Waals surface area (Å²) in [4.78, 5) is 45.8. The molecule has 1 saturated heterocycles. The summed E-state index contributed by atoms with van der Waals surface area (Å²) in [6.45, 7) is 1.82. The van der Waals surface area contributed by atoms with E-state index in [0.29, 0.717) is 38.6 Å². The summed E-state index contributed by atoms with van der Waals surface area (Å²) in [5.41, 5.74) is 0. The first-order chi connectivity index (χ1) is 9.41. The van der Waals surface area contributed by atoms with Crippen LogP contribution in [0, 0.1) is 0 Å². The van der Waals surface area contributed by atoms with Gasteiger partial charge in [0.25, 0.3) is 0 Å². The van der Waals surface area contributed by atoms with Crippen LogP contribution in [0.4, 0.5) is 0 Å². The summed E-state index contributed by atoms with van der Waals surface area (Å²) in [5.74, 6) is -1.61. The van der Waals surface area contributed by atoms with Crippen molar-refractivity contribution in [3.63, 3.8) is 0 Å². The van der Waals surface area contributed by atoms with Gasteiger partial charge in [-0.1, -0.05) is 6.42 Å². The molecular weight excluding hydrogens is 264 g/mol. The van der Waals surface area contributed by atoms with Crippen LogP contribution < -0.4 is 5.32 Å². The molecule has 1 aliphatic heterocycles. The third-order valence-electron chi connectivity index (χ3n) is 3.19. The number of hydrogen-bond acceptors (Lipinski definition) is 4. The predicted molar refractivity (Wildman–Crippen MR) is 69.7 cm³/mol. The van der Waals surface area contributed by atoms with Crippen molar-refractivity contribution in [2.24, 2.45) is 0 Å². The number of likely N-dealkylation sites (tertiary alicyclic amines) is 1. The molecule has 0 aliphatic carbocycles. The molecule has 1 fully saturated rings. The lowest BCUT2D eigenvalue weighted by Crippen LogP contribution is -2.38. The molecule has 0 aromatic rings. The second kappa shape index (κ2) is 7.62. The summed E-state index contributed by atoms with van der Waals surface area (Å²) >= 11 is 0. The van der Waals surface area contributed by atoms with E-state index in [-0.39, 0.29) is 24.1 Å². The normalized spacial score (nSPS) is 16.4. The summed E-state index contributed by atoms with van der Waals surface area (Å²) in [6, 6.07) is -0.887. The number of carbonyl (C=O) groups excluding carboxylic acids is 3. The Labute approximate surface area is 117 Å². The topological polar surface area (TPSA) is 104 Å². The van der Waals surface area contributed by atoms with Gasteiger partial charge in [-0.3, -0.25) is 24.1 Å². The van der Waals surface area contributed by atoms with Gasteiger partial charge in [-0.15, -0.1) is 0 Å². The number of amides is 3. The zero-order valence-electron chi connectivity index (χ0n) is 11.6. The highest BCUT2D eigenvalue weighted by Gasteiger charge is 2.27. The highest BCUT2D eigenvalue weighted by atomic mass is 16.4. The van der Waals surface area contributed by atoms with E-state index in [1.807, 2.05) is 0 Å². The fourth-order valence-corrected chi connectivity index (χ4v) is 1.98. The van der Waals surface area contributed by atoms with E-state index in [4.69, 9.17) is 5.11 Å². The summed E-state index contributed by atoms with van der Waals surface area (Å²) in [6.07, 6.45) is 2.84. The average molecular weight is 284 g/mol. The number of rotatable bonds is 8. The minimum Gasteiger partial charge on any atom is -0.480 e. The zero-order valence-corrected chi connectivity index (χ0v) is 11.6. The zero-order chi connectivity index (χ0) is 15.1. The lowest BCUT2D eigenvalue weighted by Gasteiger charge is -2.13. The molecule has 0 radical (unpaired) electrons. The predicted octanol–water partition coefficient (Wildman–Crippen LogP) is 0.285. The van der Waals surface area contributed by atoms with Gasteiger partial charge in [-0.25, -0.2) is 0 Å². The van der Waals surface area contributed by atoms with Gasteiger partial charge in [-0.2, -0.15) is 0 Å². The van der Waals surface area contributed by atoms with E-state index in [0.717, 1.165) is 0 Å². The van der Waals surface area contributed by atoms with Gasteiger partial charge in [0, 0.05) is 25.8 Å². The van der Waals surface area contributed by atoms with Gasteiger partial charge in [-0.05, 0) is 19.8 Å². The van der Waals surface area contributed by atoms with Crippen LogP contribution in [0.3, 0.4) is 0 Å². The molecule has 0 bridgehead atoms. The Morgan fingerprint density at radius 1 is 1.20 bits per heavy atom. The molecule has 112 valence electrons. The van der Waals surface area contributed by atoms with E-state index < -0.39 is 12.0 Å². The second-order valence-corrected chi connectivity index (χ2v) is 4.88. The summed E-state index contributed by atoms with van der Waals surface area (Å²) < 4.78 is 0. The van der Waals surface area contributed by atoms with Crippen LogP contribution in [0.5, 0.6) is 0 Å². The SMILES string of the molecule is CC(NC(=O)CCCCCN1C(=O)CCC1=O)C(=O)O. The van der Waals surface area contributed by atoms with E-state index in [1.165, 1.54) is 11.8 Å². The first kappa shape index (κ1) is 16.1. The van der Waals surface area contributed by atoms with E-state index in [2.05, 4.69) is 5.32 Å². The van der Waals surface area contributed by atoms with Gasteiger partial charge in [0.1, 0.15) is 6.04 Å². The largest absolute Gasteiger partial charge is 0.480 e. The lowest BCUT2D eigenvalue weighted by molar-refractivity contribution is -0.141. The molecule has 1 atom stereocenters. The van der Waals surface area contributed by atoms with Crippen molar-refractivity contribution < 1.29 is 24.3 Å². The molecule has 1 unspecified atom stereocenters. The van der Waals surface area contributed by atoms with Crippen molar-refractivity contribution in [3.8, 4) is 0 Å². The molecule has 3 amide bonds. The fourth-order valence-electron chi connectivity index (χ4n) is 1.98. The Kier molecular flexibility index (Phi) is 6.14. The summed E-state index contributed by atoms with van der Waals surface area (Å²) in [7, 11) is 0. The Morgan fingerprint density at radius 2 is 1.80 bits per heavy atom. The Balaban J connectivity index is 2.10. The van der Waals surface area contributed by atoms with Crippen LogP contribution in [-0.4, -0.2) is 46.3 Å². The fraction of sp³-hybridized carbons (Fsp3) is 0.692. The number of carbonyl (C=O) groups is 4. The minimum atomic E-state index is -1.07. The molecule has 1 heterocycles. The molecular formula is C13H20N2O5. The molecule has 0 spiro atoms. The monoisotopic (exact) mass is 284 g/mol. The number of nitrogens with one attached hydrogen (secondary N) is 1. The first-order valence-electron chi connectivity index (χ1n) is 6.77. The van der Waals surface area contributed by atoms with E-state index in [9.17, 15) is 19.2 Å². The number of carboxylic acids is 1. The van der Waals surface area contributed by atoms with Crippen molar-refractivity contribution >= 4 is 23.7 Å². The third kappa shape index (κ3) is 4.99. The first-order valence-corrected chi connectivity index (χ1v) is 6.77. The molecule has 7 heteroatoms. The third-order valence-corrected chi connectivity index (χ3v) is 3.19. The van der Waals surface area contributed by atoms with E-state index >= 15 is 0 Å². The van der Waals surface area contributed by atoms with Crippen molar-refractivity contribution in [1.82, 2.24) is 10.2 Å². The molecule has 1 aliphatic rings. The highest BCUT2D eigenvalue weighted by Crippen LogP contribution is 2.13. The molecule has 7 nitrogen and oxygen atoms in total. The Morgan fingerprint density at radius 3 is 2.35 bits per heavy atom. The Hall–Kier alpha value is -1.92. The minimum absolute atomic E-state index is 0.122. The maximum absolute atomic E-state index is 11.4. The van der Waals surface area contributed by atoms with Gasteiger partial charge in [0.05, 0.1) is 0 Å². The standard InChI is InChI=1S/C13H20N2O5/c1-9(13(19)20)14-10(16)5-3-2-4-8-15-11(17)6-7-12(15)18/h9H,2-8H2,1H3,(H,14,16)(H,19,20). The van der Waals surface area contributed by atoms with Crippen LogP contribution in [0.15, 0.2) is 0 Å². The maximum Gasteiger partial charge on any atom is 0.325 e. The number of imide groups is 1. The van der Waals surface area contributed by atoms with Crippen LogP contribution in [0.1, 0.15) is 45.4 Å². The van der Waals surface area contributed by atoms with Gasteiger partial charge in [0.2, 0.25) is 17.7 Å². The number of unbranched alkanes of at least 4 members (excludes halogenated alkanes) is 2. The maximum atomic E-state index is 11.4. The molecule has 1 rings (SSSR count). The van der Waals surface area contributed by atoms with Gasteiger partial charge in [0.15, 0.2) is 0 Å². The molecule has 2 N–H and O–H groups in total. The highest BCUT2D eigenvalue weighted by molar-refractivity contribution is 6.01. The number of nitrogens with zero attached hydrogens (tertiary/aromatic N) is 1. The number of aliphatic carboxylic acids is 1. The summed E-state index contributed by atoms with van der Waals surface area (Å²) in [5, 5.41) is 11.0. The van der Waals surface area contributed by atoms with Gasteiger partial charge < -0.3 is 10.4 Å². The molecule has 0 aromatic heterocycles. The molecule has 20 heavy (non-hydrogen) atoms. The second-order valence-electron chi connectivity index (χ2n) is 4.88. The van der Waals surface area contributed by atoms with Crippen LogP contribution >= 0.6 is 0 Å². The Bertz CT molecular complexity index is 392. The molecule has 0 saturated carbocycles. The van der Waals surface area contributed by atoms with Crippen LogP contribution in [0.2, 0.25) is 0 Å². The van der Waals surface area contributed by atoms with Crippen LogP contribution in [-0.2, 0) is 19.2 Å². The average Bonchev–Trinajstić information content (AvgIpc) is 2.69. The smallest absolute Gasteiger partial charge is 0.325 e. The van der Waals surface area contributed by atoms with Gasteiger partial charge >= 0.3 is 5.97 Å². The number of hydrogen-bond donors (Lipinski definition) is 2. The van der Waals surface area contributed by atoms with Crippen molar-refractivity contribution in [2.75, 3.05) is 6.54 Å². The lowest BCUT2D eigenvalue weighted by atomic mass is 10.1. The van der Waals surface area contributed by atoms with E-state index in [1.54, 1.807) is 0 Å². The quantitative estimate of drug-likeness (QED) is 0.492.